The van der Waals surface area contributed by atoms with Crippen LogP contribution in [0.25, 0.3) is 5.57 Å². The molecule has 0 atom stereocenters. The minimum atomic E-state index is -0.226. The fourth-order valence-electron chi connectivity index (χ4n) is 2.64. The fourth-order valence-corrected chi connectivity index (χ4v) is 2.99. The van der Waals surface area contributed by atoms with Gasteiger partial charge in [-0.3, -0.25) is 4.79 Å². The van der Waals surface area contributed by atoms with Gasteiger partial charge in [0.25, 0.3) is 5.91 Å². The predicted molar refractivity (Wildman–Crippen MR) is 106 cm³/mol. The average Bonchev–Trinajstić information content (AvgIpc) is 2.57. The SMILES string of the molecule is CN1CC=C(c2cc(Cl)ccc2NC(=O)c2ccnc(Cl)c2)CC1.Cl. The number of carbonyl (C=O) groups is 1. The quantitative estimate of drug-likeness (QED) is 0.757. The number of pyridine rings is 1. The van der Waals surface area contributed by atoms with Crippen molar-refractivity contribution < 1.29 is 4.79 Å². The Balaban J connectivity index is 0.00000225. The molecule has 3 rings (SSSR count). The molecule has 1 amide bonds. The number of halogens is 3. The third-order valence-corrected chi connectivity index (χ3v) is 4.42. The Kier molecular flexibility index (Phi) is 6.85. The van der Waals surface area contributed by atoms with Gasteiger partial charge in [-0.2, -0.15) is 0 Å². The molecule has 0 saturated carbocycles. The van der Waals surface area contributed by atoms with Crippen molar-refractivity contribution in [2.75, 3.05) is 25.5 Å². The summed E-state index contributed by atoms with van der Waals surface area (Å²) in [6, 6.07) is 8.67. The van der Waals surface area contributed by atoms with Crippen LogP contribution in [0.5, 0.6) is 0 Å². The number of anilines is 1. The maximum absolute atomic E-state index is 12.5. The molecule has 132 valence electrons. The van der Waals surface area contributed by atoms with Gasteiger partial charge in [-0.15, -0.1) is 12.4 Å². The highest BCUT2D eigenvalue weighted by Gasteiger charge is 2.16. The van der Waals surface area contributed by atoms with Gasteiger partial charge in [0.15, 0.2) is 0 Å². The predicted octanol–water partition coefficient (Wildman–Crippen LogP) is 4.78. The van der Waals surface area contributed by atoms with Crippen LogP contribution >= 0.6 is 35.6 Å². The minimum absolute atomic E-state index is 0. The van der Waals surface area contributed by atoms with Crippen molar-refractivity contribution in [3.05, 3.63) is 63.9 Å². The minimum Gasteiger partial charge on any atom is -0.321 e. The van der Waals surface area contributed by atoms with Gasteiger partial charge in [-0.25, -0.2) is 4.98 Å². The molecule has 2 aromatic rings. The third kappa shape index (κ3) is 4.95. The molecule has 4 nitrogen and oxygen atoms in total. The van der Waals surface area contributed by atoms with Gasteiger partial charge in [0.1, 0.15) is 5.15 Å². The summed E-state index contributed by atoms with van der Waals surface area (Å²) in [5.74, 6) is -0.226. The summed E-state index contributed by atoms with van der Waals surface area (Å²) in [5.41, 5.74) is 3.36. The fraction of sp³-hybridized carbons (Fsp3) is 0.222. The Morgan fingerprint density at radius 2 is 2.04 bits per heavy atom. The second kappa shape index (κ2) is 8.68. The molecule has 0 unspecified atom stereocenters. The smallest absolute Gasteiger partial charge is 0.255 e. The Morgan fingerprint density at radius 3 is 2.72 bits per heavy atom. The van der Waals surface area contributed by atoms with Crippen molar-refractivity contribution in [3.8, 4) is 0 Å². The first-order valence-corrected chi connectivity index (χ1v) is 8.39. The second-order valence-electron chi connectivity index (χ2n) is 5.75. The van der Waals surface area contributed by atoms with Crippen LogP contribution in [0.1, 0.15) is 22.3 Å². The van der Waals surface area contributed by atoms with Crippen molar-refractivity contribution in [1.29, 1.82) is 0 Å². The zero-order chi connectivity index (χ0) is 17.1. The zero-order valence-electron chi connectivity index (χ0n) is 13.6. The zero-order valence-corrected chi connectivity index (χ0v) is 16.0. The summed E-state index contributed by atoms with van der Waals surface area (Å²) >= 11 is 12.0. The van der Waals surface area contributed by atoms with Crippen LogP contribution in [0.4, 0.5) is 5.69 Å². The lowest BCUT2D eigenvalue weighted by atomic mass is 9.97. The first-order valence-electron chi connectivity index (χ1n) is 7.63. The number of hydrogen-bond acceptors (Lipinski definition) is 3. The number of likely N-dealkylation sites (N-methyl/N-ethyl adjacent to an activating group) is 1. The molecular weight excluding hydrogens is 381 g/mol. The first kappa shape index (κ1) is 19.7. The van der Waals surface area contributed by atoms with E-state index in [4.69, 9.17) is 23.2 Å². The molecule has 0 radical (unpaired) electrons. The standard InChI is InChI=1S/C18H17Cl2N3O.ClH/c1-23-8-5-12(6-9-23)15-11-14(19)2-3-16(15)22-18(24)13-4-7-21-17(20)10-13;/h2-5,7,10-11H,6,8-9H2,1H3,(H,22,24);1H. The monoisotopic (exact) mass is 397 g/mol. The molecule has 7 heteroatoms. The van der Waals surface area contributed by atoms with E-state index >= 15 is 0 Å². The molecule has 1 N–H and O–H groups in total. The average molecular weight is 399 g/mol. The largest absolute Gasteiger partial charge is 0.321 e. The van der Waals surface area contributed by atoms with Crippen LogP contribution in [0.15, 0.2) is 42.6 Å². The van der Waals surface area contributed by atoms with Crippen LogP contribution in [-0.2, 0) is 0 Å². The Labute approximate surface area is 163 Å². The van der Waals surface area contributed by atoms with E-state index in [2.05, 4.69) is 28.3 Å². The molecule has 1 aliphatic rings. The van der Waals surface area contributed by atoms with E-state index < -0.39 is 0 Å². The molecule has 0 bridgehead atoms. The lowest BCUT2D eigenvalue weighted by Gasteiger charge is -2.23. The van der Waals surface area contributed by atoms with Crippen LogP contribution in [0.2, 0.25) is 10.2 Å². The summed E-state index contributed by atoms with van der Waals surface area (Å²) in [5, 5.41) is 3.89. The first-order chi connectivity index (χ1) is 11.5. The van der Waals surface area contributed by atoms with Crippen molar-refractivity contribution in [3.63, 3.8) is 0 Å². The number of amides is 1. The van der Waals surface area contributed by atoms with Gasteiger partial charge in [-0.1, -0.05) is 29.3 Å². The van der Waals surface area contributed by atoms with Gasteiger partial charge in [-0.05, 0) is 49.4 Å². The maximum atomic E-state index is 12.5. The number of rotatable bonds is 3. The molecule has 0 fully saturated rings. The van der Waals surface area contributed by atoms with Gasteiger partial charge in [0.2, 0.25) is 0 Å². The highest BCUT2D eigenvalue weighted by Crippen LogP contribution is 2.31. The molecule has 0 saturated heterocycles. The van der Waals surface area contributed by atoms with Crippen LogP contribution in [-0.4, -0.2) is 35.9 Å². The van der Waals surface area contributed by atoms with E-state index in [0.29, 0.717) is 10.6 Å². The number of nitrogens with zero attached hydrogens (tertiary/aromatic N) is 2. The van der Waals surface area contributed by atoms with Crippen molar-refractivity contribution >= 4 is 52.8 Å². The maximum Gasteiger partial charge on any atom is 0.255 e. The number of carbonyl (C=O) groups excluding carboxylic acids is 1. The topological polar surface area (TPSA) is 45.2 Å². The summed E-state index contributed by atoms with van der Waals surface area (Å²) < 4.78 is 0. The lowest BCUT2D eigenvalue weighted by Crippen LogP contribution is -2.24. The highest BCUT2D eigenvalue weighted by atomic mass is 35.5. The van der Waals surface area contributed by atoms with Crippen molar-refractivity contribution in [2.24, 2.45) is 0 Å². The van der Waals surface area contributed by atoms with E-state index in [0.717, 1.165) is 30.8 Å². The van der Waals surface area contributed by atoms with E-state index in [1.165, 1.54) is 11.8 Å². The third-order valence-electron chi connectivity index (χ3n) is 3.98. The Morgan fingerprint density at radius 1 is 1.24 bits per heavy atom. The molecule has 1 aliphatic heterocycles. The van der Waals surface area contributed by atoms with Crippen LogP contribution in [0, 0.1) is 0 Å². The molecule has 1 aromatic carbocycles. The van der Waals surface area contributed by atoms with Gasteiger partial charge in [0, 0.05) is 41.1 Å². The normalized spacial score (nSPS) is 14.4. The van der Waals surface area contributed by atoms with Gasteiger partial charge >= 0.3 is 0 Å². The summed E-state index contributed by atoms with van der Waals surface area (Å²) in [4.78, 5) is 18.6. The molecule has 0 aliphatic carbocycles. The van der Waals surface area contributed by atoms with Gasteiger partial charge in [0.05, 0.1) is 0 Å². The van der Waals surface area contributed by atoms with E-state index in [1.54, 1.807) is 18.2 Å². The molecule has 0 spiro atoms. The summed E-state index contributed by atoms with van der Waals surface area (Å²) in [6.07, 6.45) is 4.61. The number of hydrogen-bond donors (Lipinski definition) is 1. The van der Waals surface area contributed by atoms with Crippen LogP contribution in [0.3, 0.4) is 0 Å². The van der Waals surface area contributed by atoms with E-state index in [1.807, 2.05) is 12.1 Å². The van der Waals surface area contributed by atoms with E-state index in [9.17, 15) is 4.79 Å². The highest BCUT2D eigenvalue weighted by molar-refractivity contribution is 6.31. The number of nitrogens with one attached hydrogen (secondary N) is 1. The van der Waals surface area contributed by atoms with E-state index in [-0.39, 0.29) is 23.5 Å². The van der Waals surface area contributed by atoms with Gasteiger partial charge < -0.3 is 10.2 Å². The van der Waals surface area contributed by atoms with Crippen molar-refractivity contribution in [1.82, 2.24) is 9.88 Å². The summed E-state index contributed by atoms with van der Waals surface area (Å²) in [6.45, 7) is 1.86. The number of benzene rings is 1. The second-order valence-corrected chi connectivity index (χ2v) is 6.58. The van der Waals surface area contributed by atoms with Crippen molar-refractivity contribution in [2.45, 2.75) is 6.42 Å². The Hall–Kier alpha value is -1.59. The number of aromatic nitrogens is 1. The molecular formula is C18H18Cl3N3O. The Bertz CT molecular complexity index is 808. The molecule has 1 aromatic heterocycles. The lowest BCUT2D eigenvalue weighted by molar-refractivity contribution is 0.102. The molecule has 25 heavy (non-hydrogen) atoms. The van der Waals surface area contributed by atoms with Crippen LogP contribution < -0.4 is 5.32 Å². The molecule has 2 heterocycles. The summed E-state index contributed by atoms with van der Waals surface area (Å²) in [7, 11) is 2.08.